The first kappa shape index (κ1) is 29.2. The number of carbonyl (C=O) groups excluding carboxylic acids is 1. The molecule has 0 atom stereocenters. The van der Waals surface area contributed by atoms with Gasteiger partial charge in [-0.05, 0) is 24.3 Å². The average Bonchev–Trinajstić information content (AvgIpc) is 3.35. The number of hydrogen-bond donors (Lipinski definition) is 2. The Morgan fingerprint density at radius 1 is 1.05 bits per heavy atom. The van der Waals surface area contributed by atoms with Gasteiger partial charge in [0, 0.05) is 32.6 Å². The number of carboxylic acid groups (broad SMARTS) is 1. The number of fused-ring (bicyclic) bond motifs is 1. The molecule has 2 N–H and O–H groups in total. The molecule has 4 rings (SSSR count). The summed E-state index contributed by atoms with van der Waals surface area (Å²) in [5, 5.41) is 10.4. The maximum absolute atomic E-state index is 14.8. The quantitative estimate of drug-likeness (QED) is 0.304. The molecule has 0 saturated heterocycles. The maximum Gasteiger partial charge on any atom is 0.346 e. The number of nitrogens with one attached hydrogen (secondary N) is 1. The summed E-state index contributed by atoms with van der Waals surface area (Å²) < 4.78 is 55.1. The molecule has 2 aromatic carbocycles. The van der Waals surface area contributed by atoms with E-state index in [1.165, 1.54) is 21.2 Å². The first-order chi connectivity index (χ1) is 19.4. The Kier molecular flexibility index (Phi) is 8.37. The fourth-order valence-corrected chi connectivity index (χ4v) is 4.73. The van der Waals surface area contributed by atoms with Crippen molar-refractivity contribution in [3.05, 3.63) is 84.4 Å². The second-order valence-corrected chi connectivity index (χ2v) is 9.80. The van der Waals surface area contributed by atoms with Crippen LogP contribution in [0.15, 0.2) is 45.3 Å². The lowest BCUT2D eigenvalue weighted by Crippen LogP contribution is -2.38. The summed E-state index contributed by atoms with van der Waals surface area (Å²) in [5.41, 5.74) is -2.97. The normalized spacial score (nSPS) is 11.0. The summed E-state index contributed by atoms with van der Waals surface area (Å²) in [4.78, 5) is 54.0. The predicted octanol–water partition coefficient (Wildman–Crippen LogP) is 3.43. The highest BCUT2D eigenvalue weighted by Gasteiger charge is 2.21. The summed E-state index contributed by atoms with van der Waals surface area (Å²) in [6.07, 6.45) is 0. The Balaban J connectivity index is 1.61. The van der Waals surface area contributed by atoms with Gasteiger partial charge in [-0.25, -0.2) is 32.1 Å². The van der Waals surface area contributed by atoms with Crippen LogP contribution >= 0.6 is 11.3 Å². The van der Waals surface area contributed by atoms with E-state index < -0.39 is 47.0 Å². The van der Waals surface area contributed by atoms with Crippen LogP contribution in [0.3, 0.4) is 0 Å². The van der Waals surface area contributed by atoms with Gasteiger partial charge in [0.15, 0.2) is 11.6 Å². The van der Waals surface area contributed by atoms with Gasteiger partial charge in [0.05, 0.1) is 28.7 Å². The lowest BCUT2D eigenvalue weighted by Gasteiger charge is -2.22. The number of hydrogen-bond acceptors (Lipinski definition) is 7. The molecule has 0 spiro atoms. The SMILES string of the molecule is CN(C)C(=O)N(C)CCOc1ccc(F)c(F)c1COc1ccc(F)c(-n2c(=O)[nH]c3csc(C(=O)O)c3c2=O)c1. The number of amides is 2. The van der Waals surface area contributed by atoms with Crippen LogP contribution in [0, 0.1) is 17.5 Å². The van der Waals surface area contributed by atoms with E-state index in [2.05, 4.69) is 4.98 Å². The van der Waals surface area contributed by atoms with Crippen LogP contribution in [0.25, 0.3) is 16.6 Å². The lowest BCUT2D eigenvalue weighted by atomic mass is 10.2. The van der Waals surface area contributed by atoms with Crippen LogP contribution < -0.4 is 20.7 Å². The van der Waals surface area contributed by atoms with Crippen LogP contribution in [-0.2, 0) is 6.61 Å². The third-order valence-electron chi connectivity index (χ3n) is 5.94. The molecule has 0 radical (unpaired) electrons. The number of aromatic amines is 1. The van der Waals surface area contributed by atoms with Crippen molar-refractivity contribution in [2.24, 2.45) is 0 Å². The maximum atomic E-state index is 14.8. The molecular weight excluding hydrogens is 569 g/mol. The first-order valence-corrected chi connectivity index (χ1v) is 12.7. The van der Waals surface area contributed by atoms with Crippen molar-refractivity contribution in [2.75, 3.05) is 34.3 Å². The predicted molar refractivity (Wildman–Crippen MR) is 143 cm³/mol. The molecule has 0 saturated carbocycles. The topological polar surface area (TPSA) is 134 Å². The molecule has 41 heavy (non-hydrogen) atoms. The first-order valence-electron chi connectivity index (χ1n) is 11.8. The summed E-state index contributed by atoms with van der Waals surface area (Å²) in [5.74, 6) is -5.01. The lowest BCUT2D eigenvalue weighted by molar-refractivity contribution is 0.0704. The van der Waals surface area contributed by atoms with Crippen molar-refractivity contribution in [1.29, 1.82) is 0 Å². The number of rotatable bonds is 9. The summed E-state index contributed by atoms with van der Waals surface area (Å²) in [7, 11) is 4.69. The number of thiophene rings is 1. The third kappa shape index (κ3) is 5.89. The van der Waals surface area contributed by atoms with Crippen molar-refractivity contribution in [2.45, 2.75) is 6.61 Å². The number of carbonyl (C=O) groups is 2. The van der Waals surface area contributed by atoms with Crippen LogP contribution in [0.5, 0.6) is 11.5 Å². The summed E-state index contributed by atoms with van der Waals surface area (Å²) in [6, 6.07) is 4.79. The number of likely N-dealkylation sites (N-methyl/N-ethyl adjacent to an activating group) is 1. The van der Waals surface area contributed by atoms with E-state index in [9.17, 15) is 37.5 Å². The van der Waals surface area contributed by atoms with E-state index in [-0.39, 0.29) is 52.0 Å². The fourth-order valence-electron chi connectivity index (χ4n) is 3.90. The van der Waals surface area contributed by atoms with E-state index in [1.54, 1.807) is 21.1 Å². The standard InChI is InChI=1S/C26H23F3N4O7S/c1-31(2)26(38)32(3)8-9-39-19-7-6-16(28)21(29)14(19)11-40-13-4-5-15(27)18(10-13)33-23(34)20-17(30-25(33)37)12-41-22(20)24(35)36/h4-7,10,12H,8-9,11H2,1-3H3,(H,30,37)(H,35,36). The van der Waals surface area contributed by atoms with Crippen LogP contribution in [0.4, 0.5) is 18.0 Å². The van der Waals surface area contributed by atoms with E-state index in [4.69, 9.17) is 9.47 Å². The number of urea groups is 1. The largest absolute Gasteiger partial charge is 0.491 e. The van der Waals surface area contributed by atoms with Crippen LogP contribution in [0.2, 0.25) is 0 Å². The zero-order valence-electron chi connectivity index (χ0n) is 21.9. The Bertz CT molecular complexity index is 1770. The number of aromatic carboxylic acids is 1. The van der Waals surface area contributed by atoms with Gasteiger partial charge in [-0.15, -0.1) is 11.3 Å². The molecule has 0 aliphatic heterocycles. The molecule has 2 heterocycles. The second kappa shape index (κ2) is 11.8. The second-order valence-electron chi connectivity index (χ2n) is 8.92. The van der Waals surface area contributed by atoms with Gasteiger partial charge in [0.2, 0.25) is 0 Å². The van der Waals surface area contributed by atoms with Crippen LogP contribution in [-0.4, -0.2) is 70.8 Å². The van der Waals surface area contributed by atoms with Crippen molar-refractivity contribution < 1.29 is 37.3 Å². The number of nitrogens with zero attached hydrogens (tertiary/aromatic N) is 3. The Hall–Kier alpha value is -4.79. The van der Waals surface area contributed by atoms with Crippen LogP contribution in [0.1, 0.15) is 15.2 Å². The molecule has 0 bridgehead atoms. The minimum Gasteiger partial charge on any atom is -0.491 e. The fraction of sp³-hybridized carbons (Fsp3) is 0.231. The highest BCUT2D eigenvalue weighted by atomic mass is 32.1. The average molecular weight is 593 g/mol. The Morgan fingerprint density at radius 3 is 2.44 bits per heavy atom. The zero-order valence-corrected chi connectivity index (χ0v) is 22.7. The molecule has 11 nitrogen and oxygen atoms in total. The monoisotopic (exact) mass is 592 g/mol. The van der Waals surface area contributed by atoms with Gasteiger partial charge in [-0.1, -0.05) is 0 Å². The van der Waals surface area contributed by atoms with Crippen molar-refractivity contribution in [1.82, 2.24) is 19.4 Å². The number of aromatic nitrogens is 2. The molecule has 0 aliphatic rings. The number of carboxylic acids is 1. The Labute approximate surface area is 233 Å². The van der Waals surface area contributed by atoms with Gasteiger partial charge >= 0.3 is 17.7 Å². The van der Waals surface area contributed by atoms with Crippen molar-refractivity contribution in [3.63, 3.8) is 0 Å². The number of ether oxygens (including phenoxy) is 2. The number of benzene rings is 2. The molecule has 2 aromatic heterocycles. The van der Waals surface area contributed by atoms with Gasteiger partial charge in [0.1, 0.15) is 35.4 Å². The molecule has 0 unspecified atom stereocenters. The minimum absolute atomic E-state index is 0.0159. The van der Waals surface area contributed by atoms with Gasteiger partial charge < -0.3 is 29.4 Å². The number of H-pyrrole nitrogens is 1. The van der Waals surface area contributed by atoms with E-state index in [1.807, 2.05) is 0 Å². The number of halogens is 3. The van der Waals surface area contributed by atoms with Crippen molar-refractivity contribution >= 4 is 34.2 Å². The summed E-state index contributed by atoms with van der Waals surface area (Å²) in [6.45, 7) is -0.503. The molecular formula is C26H23F3N4O7S. The Morgan fingerprint density at radius 2 is 1.76 bits per heavy atom. The van der Waals surface area contributed by atoms with Crippen molar-refractivity contribution in [3.8, 4) is 17.2 Å². The van der Waals surface area contributed by atoms with Gasteiger partial charge in [-0.3, -0.25) is 4.79 Å². The molecule has 15 heteroatoms. The molecule has 0 aliphatic carbocycles. The highest BCUT2D eigenvalue weighted by Crippen LogP contribution is 2.27. The third-order valence-corrected chi connectivity index (χ3v) is 6.90. The van der Waals surface area contributed by atoms with Gasteiger partial charge in [0.25, 0.3) is 5.56 Å². The minimum atomic E-state index is -1.40. The van der Waals surface area contributed by atoms with E-state index in [0.29, 0.717) is 4.57 Å². The van der Waals surface area contributed by atoms with E-state index >= 15 is 0 Å². The van der Waals surface area contributed by atoms with E-state index in [0.717, 1.165) is 35.6 Å². The molecule has 4 aromatic rings. The smallest absolute Gasteiger partial charge is 0.346 e. The molecule has 2 amide bonds. The van der Waals surface area contributed by atoms with Gasteiger partial charge in [-0.2, -0.15) is 0 Å². The zero-order chi connectivity index (χ0) is 30.0. The molecule has 0 fully saturated rings. The summed E-state index contributed by atoms with van der Waals surface area (Å²) >= 11 is 0.723. The highest BCUT2D eigenvalue weighted by molar-refractivity contribution is 7.13. The molecule has 216 valence electrons.